The molecule has 0 saturated heterocycles. The minimum absolute atomic E-state index is 0.382. The lowest BCUT2D eigenvalue weighted by Crippen LogP contribution is -2.19. The standard InChI is InChI=1S/C17H12ClN5OS/c18-10-4-3-5-11(8-10)19-16(24)23-17-22-14(9-25-17)15-20-12-6-1-2-7-13(12)21-15/h1-9H,(H,20,21)(H2,19,22,23,24). The third kappa shape index (κ3) is 3.47. The number of rotatable bonds is 3. The van der Waals surface area contributed by atoms with Crippen LogP contribution in [0, 0.1) is 0 Å². The van der Waals surface area contributed by atoms with E-state index >= 15 is 0 Å². The number of hydrogen-bond donors (Lipinski definition) is 3. The van der Waals surface area contributed by atoms with E-state index in [1.807, 2.05) is 29.6 Å². The van der Waals surface area contributed by atoms with Gasteiger partial charge in [0, 0.05) is 16.1 Å². The van der Waals surface area contributed by atoms with Gasteiger partial charge < -0.3 is 10.3 Å². The van der Waals surface area contributed by atoms with Gasteiger partial charge in [-0.15, -0.1) is 11.3 Å². The summed E-state index contributed by atoms with van der Waals surface area (Å²) in [7, 11) is 0. The first-order valence-corrected chi connectivity index (χ1v) is 8.67. The number of fused-ring (bicyclic) bond motifs is 1. The molecule has 6 nitrogen and oxygen atoms in total. The van der Waals surface area contributed by atoms with Crippen LogP contribution in [0.5, 0.6) is 0 Å². The summed E-state index contributed by atoms with van der Waals surface area (Å²) in [6.45, 7) is 0. The SMILES string of the molecule is O=C(Nc1cccc(Cl)c1)Nc1nc(-c2nc3ccccc3[nH]2)cs1. The van der Waals surface area contributed by atoms with Crippen molar-refractivity contribution in [2.45, 2.75) is 0 Å². The average molecular weight is 370 g/mol. The molecule has 3 N–H and O–H groups in total. The number of amides is 2. The molecule has 2 aromatic carbocycles. The summed E-state index contributed by atoms with van der Waals surface area (Å²) < 4.78 is 0. The van der Waals surface area contributed by atoms with Gasteiger partial charge in [0.05, 0.1) is 11.0 Å². The number of aromatic amines is 1. The summed E-state index contributed by atoms with van der Waals surface area (Å²) in [6.07, 6.45) is 0. The second-order valence-electron chi connectivity index (χ2n) is 5.23. The van der Waals surface area contributed by atoms with E-state index in [2.05, 4.69) is 25.6 Å². The maximum atomic E-state index is 12.1. The van der Waals surface area contributed by atoms with Crippen molar-refractivity contribution in [1.29, 1.82) is 0 Å². The van der Waals surface area contributed by atoms with E-state index in [1.165, 1.54) is 11.3 Å². The molecule has 2 heterocycles. The lowest BCUT2D eigenvalue weighted by Gasteiger charge is -2.05. The summed E-state index contributed by atoms with van der Waals surface area (Å²) in [4.78, 5) is 24.2. The van der Waals surface area contributed by atoms with Gasteiger partial charge in [-0.2, -0.15) is 0 Å². The number of benzene rings is 2. The number of hydrogen-bond acceptors (Lipinski definition) is 4. The Labute approximate surface area is 151 Å². The number of H-pyrrole nitrogens is 1. The van der Waals surface area contributed by atoms with Crippen LogP contribution >= 0.6 is 22.9 Å². The predicted octanol–water partition coefficient (Wildman–Crippen LogP) is 4.98. The molecule has 0 atom stereocenters. The number of anilines is 2. The second kappa shape index (κ2) is 6.54. The molecule has 0 unspecified atom stereocenters. The zero-order valence-corrected chi connectivity index (χ0v) is 14.4. The van der Waals surface area contributed by atoms with Crippen molar-refractivity contribution in [2.24, 2.45) is 0 Å². The Balaban J connectivity index is 1.48. The van der Waals surface area contributed by atoms with Crippen LogP contribution in [0.3, 0.4) is 0 Å². The number of urea groups is 1. The summed E-state index contributed by atoms with van der Waals surface area (Å²) in [6, 6.07) is 14.3. The molecule has 0 aliphatic rings. The maximum Gasteiger partial charge on any atom is 0.325 e. The number of nitrogens with zero attached hydrogens (tertiary/aromatic N) is 2. The van der Waals surface area contributed by atoms with Crippen molar-refractivity contribution in [3.05, 3.63) is 58.9 Å². The van der Waals surface area contributed by atoms with Crippen LogP contribution in [0.4, 0.5) is 15.6 Å². The van der Waals surface area contributed by atoms with E-state index in [0.29, 0.717) is 27.4 Å². The molecule has 0 saturated carbocycles. The minimum atomic E-state index is -0.382. The van der Waals surface area contributed by atoms with E-state index < -0.39 is 0 Å². The Morgan fingerprint density at radius 2 is 1.96 bits per heavy atom. The summed E-state index contributed by atoms with van der Waals surface area (Å²) in [5.74, 6) is 0.667. The van der Waals surface area contributed by atoms with Crippen LogP contribution in [0.1, 0.15) is 0 Å². The van der Waals surface area contributed by atoms with E-state index in [0.717, 1.165) is 11.0 Å². The van der Waals surface area contributed by atoms with E-state index in [-0.39, 0.29) is 6.03 Å². The lowest BCUT2D eigenvalue weighted by molar-refractivity contribution is 0.262. The zero-order chi connectivity index (χ0) is 17.2. The van der Waals surface area contributed by atoms with Gasteiger partial charge in [0.2, 0.25) is 0 Å². The van der Waals surface area contributed by atoms with Gasteiger partial charge >= 0.3 is 6.03 Å². The number of thiazole rings is 1. The molecule has 25 heavy (non-hydrogen) atoms. The molecule has 0 aliphatic heterocycles. The zero-order valence-electron chi connectivity index (χ0n) is 12.8. The van der Waals surface area contributed by atoms with Gasteiger partial charge in [0.1, 0.15) is 5.69 Å². The van der Waals surface area contributed by atoms with Crippen molar-refractivity contribution >= 4 is 50.8 Å². The largest absolute Gasteiger partial charge is 0.337 e. The highest BCUT2D eigenvalue weighted by Crippen LogP contribution is 2.25. The van der Waals surface area contributed by atoms with E-state index in [4.69, 9.17) is 11.6 Å². The van der Waals surface area contributed by atoms with Gasteiger partial charge in [0.15, 0.2) is 11.0 Å². The fourth-order valence-electron chi connectivity index (χ4n) is 2.34. The maximum absolute atomic E-state index is 12.1. The van der Waals surface area contributed by atoms with Crippen LogP contribution in [0.25, 0.3) is 22.6 Å². The van der Waals surface area contributed by atoms with Gasteiger partial charge in [-0.25, -0.2) is 14.8 Å². The number of imidazole rings is 1. The molecule has 4 rings (SSSR count). The molecule has 2 aromatic heterocycles. The first-order valence-electron chi connectivity index (χ1n) is 7.41. The van der Waals surface area contributed by atoms with Crippen molar-refractivity contribution < 1.29 is 4.79 Å². The molecular weight excluding hydrogens is 358 g/mol. The average Bonchev–Trinajstić information content (AvgIpc) is 3.20. The van der Waals surface area contributed by atoms with Crippen LogP contribution in [-0.4, -0.2) is 21.0 Å². The van der Waals surface area contributed by atoms with Crippen LogP contribution < -0.4 is 10.6 Å². The minimum Gasteiger partial charge on any atom is -0.337 e. The van der Waals surface area contributed by atoms with Crippen molar-refractivity contribution in [2.75, 3.05) is 10.6 Å². The predicted molar refractivity (Wildman–Crippen MR) is 101 cm³/mol. The van der Waals surface area contributed by atoms with Gasteiger partial charge in [-0.3, -0.25) is 5.32 Å². The highest BCUT2D eigenvalue weighted by molar-refractivity contribution is 7.14. The topological polar surface area (TPSA) is 82.7 Å². The summed E-state index contributed by atoms with van der Waals surface area (Å²) >= 11 is 7.23. The molecule has 2 amide bonds. The molecule has 0 spiro atoms. The fourth-order valence-corrected chi connectivity index (χ4v) is 3.22. The molecule has 0 radical (unpaired) electrons. The van der Waals surface area contributed by atoms with E-state index in [9.17, 15) is 4.79 Å². The van der Waals surface area contributed by atoms with Crippen molar-refractivity contribution in [1.82, 2.24) is 15.0 Å². The summed E-state index contributed by atoms with van der Waals surface area (Å²) in [5, 5.41) is 8.29. The Kier molecular flexibility index (Phi) is 4.09. The molecule has 4 aromatic rings. The number of halogens is 1. The monoisotopic (exact) mass is 369 g/mol. The number of aromatic nitrogens is 3. The van der Waals surface area contributed by atoms with Crippen LogP contribution in [-0.2, 0) is 0 Å². The number of nitrogens with one attached hydrogen (secondary N) is 3. The third-order valence-corrected chi connectivity index (χ3v) is 4.43. The molecule has 0 aliphatic carbocycles. The van der Waals surface area contributed by atoms with Gasteiger partial charge in [-0.05, 0) is 30.3 Å². The lowest BCUT2D eigenvalue weighted by atomic mass is 10.3. The molecule has 124 valence electrons. The molecule has 0 fully saturated rings. The number of carbonyl (C=O) groups excluding carboxylic acids is 1. The fraction of sp³-hybridized carbons (Fsp3) is 0. The normalized spacial score (nSPS) is 10.8. The van der Waals surface area contributed by atoms with E-state index in [1.54, 1.807) is 24.3 Å². The number of para-hydroxylation sites is 2. The van der Waals surface area contributed by atoms with Crippen LogP contribution in [0.15, 0.2) is 53.9 Å². The van der Waals surface area contributed by atoms with Crippen LogP contribution in [0.2, 0.25) is 5.02 Å². The Morgan fingerprint density at radius 1 is 1.08 bits per heavy atom. The van der Waals surface area contributed by atoms with Gasteiger partial charge in [0.25, 0.3) is 0 Å². The molecular formula is C17H12ClN5OS. The first-order chi connectivity index (χ1) is 12.2. The summed E-state index contributed by atoms with van der Waals surface area (Å²) in [5.41, 5.74) is 3.11. The highest BCUT2D eigenvalue weighted by Gasteiger charge is 2.11. The second-order valence-corrected chi connectivity index (χ2v) is 6.52. The highest BCUT2D eigenvalue weighted by atomic mass is 35.5. The van der Waals surface area contributed by atoms with Crippen molar-refractivity contribution in [3.8, 4) is 11.5 Å². The number of carbonyl (C=O) groups is 1. The Morgan fingerprint density at radius 3 is 2.80 bits per heavy atom. The molecule has 0 bridgehead atoms. The smallest absolute Gasteiger partial charge is 0.325 e. The van der Waals surface area contributed by atoms with Gasteiger partial charge in [-0.1, -0.05) is 29.8 Å². The Bertz CT molecular complexity index is 1020. The third-order valence-electron chi connectivity index (χ3n) is 3.44. The first kappa shape index (κ1) is 15.6. The molecule has 8 heteroatoms. The quantitative estimate of drug-likeness (QED) is 0.476. The van der Waals surface area contributed by atoms with Crippen molar-refractivity contribution in [3.63, 3.8) is 0 Å². The Hall–Kier alpha value is -2.90.